The Kier molecular flexibility index (Phi) is 9.58. The predicted octanol–water partition coefficient (Wildman–Crippen LogP) is 2.90. The van der Waals surface area contributed by atoms with E-state index < -0.39 is 12.2 Å². The molecule has 2 heterocycles. The van der Waals surface area contributed by atoms with E-state index in [1.54, 1.807) is 45.9 Å². The number of hydrogen-bond acceptors (Lipinski definition) is 5. The molecular weight excluding hydrogens is 457 g/mol. The molecule has 0 aliphatic carbocycles. The fourth-order valence-electron chi connectivity index (χ4n) is 4.60. The maximum absolute atomic E-state index is 13.4. The van der Waals surface area contributed by atoms with Crippen molar-refractivity contribution in [1.29, 1.82) is 0 Å². The third kappa shape index (κ3) is 6.21. The molecule has 8 nitrogen and oxygen atoms in total. The zero-order valence-corrected chi connectivity index (χ0v) is 21.2. The molecule has 2 atom stereocenters. The molecule has 2 fully saturated rings. The van der Waals surface area contributed by atoms with Crippen LogP contribution in [0.25, 0.3) is 0 Å². The Morgan fingerprint density at radius 2 is 1.91 bits per heavy atom. The topological polar surface area (TPSA) is 76.2 Å². The number of halogens is 1. The number of benzene rings is 1. The van der Waals surface area contributed by atoms with Crippen LogP contribution < -0.4 is 5.32 Å². The van der Waals surface area contributed by atoms with Gasteiger partial charge in [-0.25, -0.2) is 19.2 Å². The van der Waals surface area contributed by atoms with Gasteiger partial charge in [0.1, 0.15) is 18.0 Å². The monoisotopic (exact) mass is 493 g/mol. The number of likely N-dealkylation sites (N-methyl/N-ethyl adjacent to an activating group) is 1. The predicted molar refractivity (Wildman–Crippen MR) is 131 cm³/mol. The van der Waals surface area contributed by atoms with Crippen LogP contribution in [0.2, 0.25) is 0 Å². The number of urea groups is 1. The van der Waals surface area contributed by atoms with Crippen LogP contribution in [0.1, 0.15) is 44.6 Å². The molecule has 3 rings (SSSR count). The number of hydrazine groups is 1. The van der Waals surface area contributed by atoms with Gasteiger partial charge in [0.05, 0.1) is 13.1 Å². The molecule has 0 unspecified atom stereocenters. The van der Waals surface area contributed by atoms with E-state index in [2.05, 4.69) is 12.2 Å². The van der Waals surface area contributed by atoms with Crippen molar-refractivity contribution in [3.05, 3.63) is 35.6 Å². The minimum atomic E-state index is -0.564. The van der Waals surface area contributed by atoms with Gasteiger partial charge in [0.2, 0.25) is 11.8 Å². The van der Waals surface area contributed by atoms with E-state index in [1.165, 1.54) is 12.1 Å². The highest BCUT2D eigenvalue weighted by molar-refractivity contribution is 7.98. The van der Waals surface area contributed by atoms with Gasteiger partial charge < -0.3 is 15.1 Å². The van der Waals surface area contributed by atoms with Crippen LogP contribution >= 0.6 is 11.8 Å². The van der Waals surface area contributed by atoms with Gasteiger partial charge >= 0.3 is 6.03 Å². The first kappa shape index (κ1) is 26.3. The first-order valence-corrected chi connectivity index (χ1v) is 13.4. The molecule has 1 N–H and O–H groups in total. The molecule has 1 aromatic rings. The Bertz CT molecular complexity index is 856. The van der Waals surface area contributed by atoms with E-state index in [4.69, 9.17) is 0 Å². The maximum Gasteiger partial charge on any atom is 0.334 e. The van der Waals surface area contributed by atoms with Crippen molar-refractivity contribution < 1.29 is 18.8 Å². The second-order valence-corrected chi connectivity index (χ2v) is 9.85. The van der Waals surface area contributed by atoms with Crippen LogP contribution in [0.3, 0.4) is 0 Å². The highest BCUT2D eigenvalue weighted by Gasteiger charge is 2.50. The van der Waals surface area contributed by atoms with Crippen molar-refractivity contribution in [2.75, 3.05) is 38.7 Å². The Morgan fingerprint density at radius 3 is 2.59 bits per heavy atom. The molecule has 0 saturated carbocycles. The number of hydrogen-bond donors (Lipinski definition) is 1. The zero-order chi connectivity index (χ0) is 24.7. The van der Waals surface area contributed by atoms with Crippen molar-refractivity contribution in [3.63, 3.8) is 0 Å². The molecule has 2 aliphatic rings. The third-order valence-corrected chi connectivity index (χ3v) is 7.03. The molecule has 0 aromatic heterocycles. The van der Waals surface area contributed by atoms with Crippen molar-refractivity contribution in [3.8, 4) is 0 Å². The van der Waals surface area contributed by atoms with Crippen molar-refractivity contribution >= 4 is 29.6 Å². The van der Waals surface area contributed by atoms with Gasteiger partial charge in [-0.3, -0.25) is 9.59 Å². The van der Waals surface area contributed by atoms with E-state index >= 15 is 0 Å². The second-order valence-electron chi connectivity index (χ2n) is 8.87. The van der Waals surface area contributed by atoms with E-state index in [9.17, 15) is 18.8 Å². The van der Waals surface area contributed by atoms with Gasteiger partial charge in [0.25, 0.3) is 0 Å². The lowest BCUT2D eigenvalue weighted by Gasteiger charge is -2.54. The fourth-order valence-corrected chi connectivity index (χ4v) is 5.06. The molecule has 1 aromatic carbocycles. The number of amides is 4. The Balaban J connectivity index is 1.79. The fraction of sp³-hybridized carbons (Fsp3) is 0.625. The van der Waals surface area contributed by atoms with E-state index in [0.29, 0.717) is 19.5 Å². The average molecular weight is 494 g/mol. The normalized spacial score (nSPS) is 21.1. The summed E-state index contributed by atoms with van der Waals surface area (Å²) in [6, 6.07) is 5.05. The lowest BCUT2D eigenvalue weighted by molar-refractivity contribution is -0.187. The minimum Gasteiger partial charge on any atom is -0.337 e. The van der Waals surface area contributed by atoms with Crippen LogP contribution in [0, 0.1) is 5.82 Å². The number of unbranched alkanes of at least 4 members (excludes halogenated alkanes) is 3. The van der Waals surface area contributed by atoms with Gasteiger partial charge in [0, 0.05) is 20.1 Å². The summed E-state index contributed by atoms with van der Waals surface area (Å²) in [5.41, 5.74) is 0.775. The Labute approximate surface area is 205 Å². The number of thioether (sulfide) groups is 1. The molecular formula is C24H36FN5O3S. The van der Waals surface area contributed by atoms with Crippen LogP contribution in [-0.2, 0) is 16.1 Å². The number of carbonyl (C=O) groups is 3. The number of carbonyl (C=O) groups excluding carboxylic acids is 3. The standard InChI is InChI=1S/C24H36FN5O3S/c1-4-5-6-7-13-28-16-21-29(20(23(28)32)12-14-34-3)22(31)17-27(2)30(21)24(33)26-15-18-8-10-19(25)11-9-18/h8-11,20-21H,4-7,12-17H2,1-3H3,(H,26,33)/t20-,21-/m0/s1. The molecule has 2 saturated heterocycles. The van der Waals surface area contributed by atoms with Gasteiger partial charge in [0.15, 0.2) is 0 Å². The van der Waals surface area contributed by atoms with E-state index in [-0.39, 0.29) is 36.8 Å². The summed E-state index contributed by atoms with van der Waals surface area (Å²) in [7, 11) is 1.71. The highest BCUT2D eigenvalue weighted by atomic mass is 32.2. The largest absolute Gasteiger partial charge is 0.337 e. The van der Waals surface area contributed by atoms with Crippen molar-refractivity contribution in [2.45, 2.75) is 57.8 Å². The van der Waals surface area contributed by atoms with Gasteiger partial charge in [-0.05, 0) is 42.5 Å². The lowest BCUT2D eigenvalue weighted by Crippen LogP contribution is -2.76. The molecule has 0 bridgehead atoms. The van der Waals surface area contributed by atoms with Crippen LogP contribution in [0.4, 0.5) is 9.18 Å². The van der Waals surface area contributed by atoms with Gasteiger partial charge in [-0.2, -0.15) is 11.8 Å². The first-order chi connectivity index (χ1) is 16.4. The van der Waals surface area contributed by atoms with Crippen molar-refractivity contribution in [2.24, 2.45) is 0 Å². The van der Waals surface area contributed by atoms with Gasteiger partial charge in [-0.15, -0.1) is 0 Å². The minimum absolute atomic E-state index is 0.0219. The molecule has 34 heavy (non-hydrogen) atoms. The van der Waals surface area contributed by atoms with Gasteiger partial charge in [-0.1, -0.05) is 38.3 Å². The molecule has 188 valence electrons. The molecule has 0 spiro atoms. The Morgan fingerprint density at radius 1 is 1.18 bits per heavy atom. The number of piperazine rings is 1. The number of fused-ring (bicyclic) bond motifs is 1. The summed E-state index contributed by atoms with van der Waals surface area (Å²) in [5.74, 6) is 0.261. The molecule has 4 amide bonds. The Hall–Kier alpha value is -2.33. The summed E-state index contributed by atoms with van der Waals surface area (Å²) in [6.45, 7) is 3.33. The van der Waals surface area contributed by atoms with E-state index in [1.807, 2.05) is 11.2 Å². The van der Waals surface area contributed by atoms with Crippen molar-refractivity contribution in [1.82, 2.24) is 25.1 Å². The SMILES string of the molecule is CCCCCCN1C[C@H]2N(C(=O)CN(C)N2C(=O)NCc2ccc(F)cc2)[C@@H](CCSC)C1=O. The van der Waals surface area contributed by atoms with Crippen LogP contribution in [0.15, 0.2) is 24.3 Å². The number of rotatable bonds is 10. The zero-order valence-electron chi connectivity index (χ0n) is 20.3. The smallest absolute Gasteiger partial charge is 0.334 e. The lowest BCUT2D eigenvalue weighted by atomic mass is 10.0. The third-order valence-electron chi connectivity index (χ3n) is 6.38. The maximum atomic E-state index is 13.4. The first-order valence-electron chi connectivity index (χ1n) is 12.0. The summed E-state index contributed by atoms with van der Waals surface area (Å²) >= 11 is 1.64. The molecule has 0 radical (unpaired) electrons. The summed E-state index contributed by atoms with van der Waals surface area (Å²) in [6.07, 6.45) is 6.16. The number of nitrogens with one attached hydrogen (secondary N) is 1. The molecule has 2 aliphatic heterocycles. The quantitative estimate of drug-likeness (QED) is 0.508. The number of nitrogens with zero attached hydrogens (tertiary/aromatic N) is 4. The second kappa shape index (κ2) is 12.4. The van der Waals surface area contributed by atoms with Crippen LogP contribution in [0.5, 0.6) is 0 Å². The highest BCUT2D eigenvalue weighted by Crippen LogP contribution is 2.28. The average Bonchev–Trinajstić information content (AvgIpc) is 2.81. The summed E-state index contributed by atoms with van der Waals surface area (Å²) < 4.78 is 13.2. The summed E-state index contributed by atoms with van der Waals surface area (Å²) in [5, 5.41) is 6.07. The van der Waals surface area contributed by atoms with Crippen LogP contribution in [-0.4, -0.2) is 88.6 Å². The summed E-state index contributed by atoms with van der Waals surface area (Å²) in [4.78, 5) is 43.1. The molecule has 10 heteroatoms. The van der Waals surface area contributed by atoms with E-state index in [0.717, 1.165) is 37.0 Å².